The van der Waals surface area contributed by atoms with Crippen molar-refractivity contribution in [2.75, 3.05) is 5.73 Å². The van der Waals surface area contributed by atoms with Crippen LogP contribution >= 0.6 is 0 Å². The number of carbonyl (C=O) groups is 1. The standard InChI is InChI=1S/C10H12N6O6/c11-7-2-8(13-1-12-7)16(15-14-2)9-4(18)3(17)6(22-9)5(19)10(20)21/h1,3-6,9,17-19H,(H,20,21)(H2,11,12,13)/t3-,4+,5?,6-,9+/m0/s1. The van der Waals surface area contributed by atoms with Crippen molar-refractivity contribution < 1.29 is 30.0 Å². The van der Waals surface area contributed by atoms with Crippen LogP contribution in [0.4, 0.5) is 5.82 Å². The Balaban J connectivity index is 1.98. The largest absolute Gasteiger partial charge is 0.479 e. The van der Waals surface area contributed by atoms with Gasteiger partial charge >= 0.3 is 5.97 Å². The summed E-state index contributed by atoms with van der Waals surface area (Å²) in [5.74, 6) is -1.53. The molecule has 5 atom stereocenters. The fourth-order valence-corrected chi connectivity index (χ4v) is 2.24. The molecule has 0 saturated carbocycles. The number of hydrogen-bond acceptors (Lipinski definition) is 10. The van der Waals surface area contributed by atoms with Gasteiger partial charge in [-0.3, -0.25) is 0 Å². The van der Waals surface area contributed by atoms with Crippen LogP contribution in [-0.4, -0.2) is 75.8 Å². The zero-order valence-corrected chi connectivity index (χ0v) is 10.9. The summed E-state index contributed by atoms with van der Waals surface area (Å²) >= 11 is 0. The van der Waals surface area contributed by atoms with Gasteiger partial charge in [0, 0.05) is 0 Å². The summed E-state index contributed by atoms with van der Waals surface area (Å²) < 4.78 is 6.27. The van der Waals surface area contributed by atoms with Gasteiger partial charge in [-0.2, -0.15) is 4.68 Å². The van der Waals surface area contributed by atoms with Crippen molar-refractivity contribution in [2.45, 2.75) is 30.6 Å². The number of aliphatic carboxylic acids is 1. The van der Waals surface area contributed by atoms with Gasteiger partial charge in [0.2, 0.25) is 0 Å². The predicted octanol–water partition coefficient (Wildman–Crippen LogP) is -3.13. The lowest BCUT2D eigenvalue weighted by Crippen LogP contribution is -2.42. The van der Waals surface area contributed by atoms with Crippen molar-refractivity contribution in [3.63, 3.8) is 0 Å². The smallest absolute Gasteiger partial charge is 0.335 e. The number of fused-ring (bicyclic) bond motifs is 1. The molecule has 3 heterocycles. The first-order valence-corrected chi connectivity index (χ1v) is 6.15. The van der Waals surface area contributed by atoms with Gasteiger partial charge in [0.05, 0.1) is 0 Å². The van der Waals surface area contributed by atoms with Gasteiger partial charge in [-0.05, 0) is 0 Å². The van der Waals surface area contributed by atoms with Crippen LogP contribution in [0.5, 0.6) is 0 Å². The third-order valence-electron chi connectivity index (χ3n) is 3.37. The fourth-order valence-electron chi connectivity index (χ4n) is 2.24. The van der Waals surface area contributed by atoms with E-state index < -0.39 is 36.6 Å². The zero-order chi connectivity index (χ0) is 16.0. The first kappa shape index (κ1) is 14.5. The van der Waals surface area contributed by atoms with Crippen molar-refractivity contribution in [1.82, 2.24) is 25.0 Å². The molecule has 12 heteroatoms. The monoisotopic (exact) mass is 312 g/mol. The van der Waals surface area contributed by atoms with Crippen molar-refractivity contribution >= 4 is 23.0 Å². The maximum absolute atomic E-state index is 10.8. The number of nitrogens with zero attached hydrogens (tertiary/aromatic N) is 5. The number of rotatable bonds is 3. The molecule has 1 aliphatic rings. The van der Waals surface area contributed by atoms with Crippen molar-refractivity contribution in [1.29, 1.82) is 0 Å². The first-order valence-electron chi connectivity index (χ1n) is 6.15. The number of nitrogen functional groups attached to an aromatic ring is 1. The minimum atomic E-state index is -2.01. The van der Waals surface area contributed by atoms with Crippen molar-refractivity contribution in [3.05, 3.63) is 6.33 Å². The lowest BCUT2D eigenvalue weighted by atomic mass is 10.1. The van der Waals surface area contributed by atoms with Gasteiger partial charge in [0.1, 0.15) is 24.6 Å². The Bertz CT molecular complexity index is 721. The molecular formula is C10H12N6O6. The third kappa shape index (κ3) is 2.05. The molecule has 2 aromatic heterocycles. The summed E-state index contributed by atoms with van der Waals surface area (Å²) in [5.41, 5.74) is 5.90. The minimum absolute atomic E-state index is 0.0615. The van der Waals surface area contributed by atoms with Crippen LogP contribution in [0.2, 0.25) is 0 Å². The summed E-state index contributed by atoms with van der Waals surface area (Å²) in [7, 11) is 0. The van der Waals surface area contributed by atoms with Gasteiger partial charge in [-0.15, -0.1) is 5.10 Å². The van der Waals surface area contributed by atoms with E-state index in [9.17, 15) is 20.1 Å². The first-order chi connectivity index (χ1) is 10.4. The summed E-state index contributed by atoms with van der Waals surface area (Å²) in [4.78, 5) is 18.4. The molecule has 0 radical (unpaired) electrons. The van der Waals surface area contributed by atoms with E-state index in [0.717, 1.165) is 11.0 Å². The van der Waals surface area contributed by atoms with Gasteiger partial charge < -0.3 is 30.9 Å². The zero-order valence-electron chi connectivity index (χ0n) is 10.9. The number of hydrogen-bond donors (Lipinski definition) is 5. The van der Waals surface area contributed by atoms with Crippen LogP contribution in [0.15, 0.2) is 6.33 Å². The Labute approximate surface area is 121 Å². The molecule has 3 rings (SSSR count). The lowest BCUT2D eigenvalue weighted by Gasteiger charge is -2.16. The van der Waals surface area contributed by atoms with Gasteiger partial charge in [0.25, 0.3) is 0 Å². The maximum Gasteiger partial charge on any atom is 0.335 e. The molecule has 0 bridgehead atoms. The summed E-state index contributed by atoms with van der Waals surface area (Å²) in [6, 6.07) is 0. The molecule has 1 unspecified atom stereocenters. The Morgan fingerprint density at radius 2 is 2.09 bits per heavy atom. The van der Waals surface area contributed by atoms with Crippen molar-refractivity contribution in [2.24, 2.45) is 0 Å². The van der Waals surface area contributed by atoms with E-state index in [0.29, 0.717) is 0 Å². The van der Waals surface area contributed by atoms with E-state index in [2.05, 4.69) is 20.3 Å². The molecule has 22 heavy (non-hydrogen) atoms. The quantitative estimate of drug-likeness (QED) is 0.385. The highest BCUT2D eigenvalue weighted by atomic mass is 16.6. The Hall–Kier alpha value is -2.41. The van der Waals surface area contributed by atoms with Gasteiger partial charge in [0.15, 0.2) is 29.3 Å². The van der Waals surface area contributed by atoms with E-state index in [4.69, 9.17) is 15.6 Å². The lowest BCUT2D eigenvalue weighted by molar-refractivity contribution is -0.160. The van der Waals surface area contributed by atoms with E-state index in [-0.39, 0.29) is 17.0 Å². The normalized spacial score (nSPS) is 29.8. The van der Waals surface area contributed by atoms with Crippen LogP contribution in [0.1, 0.15) is 6.23 Å². The molecule has 0 spiro atoms. The molecule has 0 aromatic carbocycles. The second-order valence-corrected chi connectivity index (χ2v) is 4.72. The van der Waals surface area contributed by atoms with E-state index >= 15 is 0 Å². The van der Waals surface area contributed by atoms with E-state index in [1.54, 1.807) is 0 Å². The average Bonchev–Trinajstić information content (AvgIpc) is 3.02. The van der Waals surface area contributed by atoms with Crippen LogP contribution in [0.25, 0.3) is 11.2 Å². The Morgan fingerprint density at radius 1 is 1.36 bits per heavy atom. The number of ether oxygens (including phenoxy) is 1. The van der Waals surface area contributed by atoms with Crippen molar-refractivity contribution in [3.8, 4) is 0 Å². The molecule has 118 valence electrons. The highest BCUT2D eigenvalue weighted by Gasteiger charge is 2.49. The average molecular weight is 312 g/mol. The molecule has 6 N–H and O–H groups in total. The SMILES string of the molecule is Nc1ncnc2c1nnn2[C@@H]1O[C@H](C(O)C(=O)O)[C@@H](O)[C@H]1O. The molecule has 1 fully saturated rings. The number of aliphatic hydroxyl groups excluding tert-OH is 3. The van der Waals surface area contributed by atoms with Crippen LogP contribution in [0.3, 0.4) is 0 Å². The second kappa shape index (κ2) is 5.10. The maximum atomic E-state index is 10.8. The molecular weight excluding hydrogens is 300 g/mol. The molecule has 12 nitrogen and oxygen atoms in total. The highest BCUT2D eigenvalue weighted by molar-refractivity contribution is 5.80. The minimum Gasteiger partial charge on any atom is -0.479 e. The fraction of sp³-hybridized carbons (Fsp3) is 0.500. The summed E-state index contributed by atoms with van der Waals surface area (Å²) in [6.07, 6.45) is -6.85. The molecule has 1 saturated heterocycles. The molecule has 0 aliphatic carbocycles. The molecule has 2 aromatic rings. The van der Waals surface area contributed by atoms with Crippen LogP contribution in [0, 0.1) is 0 Å². The van der Waals surface area contributed by atoms with E-state index in [1.807, 2.05) is 0 Å². The number of aromatic nitrogens is 5. The van der Waals surface area contributed by atoms with Gasteiger partial charge in [-0.1, -0.05) is 5.21 Å². The Kier molecular flexibility index (Phi) is 3.37. The highest BCUT2D eigenvalue weighted by Crippen LogP contribution is 2.32. The van der Waals surface area contributed by atoms with Crippen LogP contribution in [-0.2, 0) is 9.53 Å². The summed E-state index contributed by atoms with van der Waals surface area (Å²) in [5, 5.41) is 45.6. The molecule has 0 amide bonds. The number of anilines is 1. The van der Waals surface area contributed by atoms with Gasteiger partial charge in [-0.25, -0.2) is 14.8 Å². The Morgan fingerprint density at radius 3 is 2.77 bits per heavy atom. The molecule has 1 aliphatic heterocycles. The number of carboxylic acids is 1. The summed E-state index contributed by atoms with van der Waals surface area (Å²) in [6.45, 7) is 0. The van der Waals surface area contributed by atoms with E-state index in [1.165, 1.54) is 0 Å². The second-order valence-electron chi connectivity index (χ2n) is 4.72. The number of nitrogens with two attached hydrogens (primary N) is 1. The topological polar surface area (TPSA) is 190 Å². The predicted molar refractivity (Wildman–Crippen MR) is 67.1 cm³/mol. The third-order valence-corrected chi connectivity index (χ3v) is 3.37. The number of aliphatic hydroxyl groups is 3. The number of carboxylic acid groups (broad SMARTS) is 1. The van der Waals surface area contributed by atoms with Crippen LogP contribution < -0.4 is 5.73 Å².